The quantitative estimate of drug-likeness (QED) is 0.649. The van der Waals surface area contributed by atoms with Crippen molar-refractivity contribution in [2.75, 3.05) is 13.3 Å². The summed E-state index contributed by atoms with van der Waals surface area (Å²) in [5.74, 6) is 0. The molecule has 21 heavy (non-hydrogen) atoms. The van der Waals surface area contributed by atoms with Gasteiger partial charge < -0.3 is 15.3 Å². The van der Waals surface area contributed by atoms with Crippen LogP contribution in [0, 0.1) is 0 Å². The molecular formula is C16H17N3OS. The highest BCUT2D eigenvalue weighted by atomic mass is 32.2. The number of rotatable bonds is 4. The zero-order chi connectivity index (χ0) is 14.8. The predicted molar refractivity (Wildman–Crippen MR) is 88.0 cm³/mol. The summed E-state index contributed by atoms with van der Waals surface area (Å²) in [4.78, 5) is 18.2. The lowest BCUT2D eigenvalue weighted by molar-refractivity contribution is 0.681. The van der Waals surface area contributed by atoms with E-state index in [4.69, 9.17) is 0 Å². The Morgan fingerprint density at radius 2 is 1.86 bits per heavy atom. The van der Waals surface area contributed by atoms with E-state index in [2.05, 4.69) is 45.8 Å². The third kappa shape index (κ3) is 2.62. The number of aromatic amines is 2. The Balaban J connectivity index is 2.10. The zero-order valence-corrected chi connectivity index (χ0v) is 12.8. The normalized spacial score (nSPS) is 12.7. The number of benzene rings is 2. The minimum absolute atomic E-state index is 0.0939. The maximum Gasteiger partial charge on any atom is 0.323 e. The van der Waals surface area contributed by atoms with Crippen molar-refractivity contribution in [2.24, 2.45) is 0 Å². The van der Waals surface area contributed by atoms with Crippen LogP contribution < -0.4 is 11.0 Å². The smallest absolute Gasteiger partial charge is 0.309 e. The molecule has 1 heterocycles. The van der Waals surface area contributed by atoms with Crippen molar-refractivity contribution in [3.8, 4) is 0 Å². The van der Waals surface area contributed by atoms with Crippen LogP contribution in [0.15, 0.2) is 52.2 Å². The summed E-state index contributed by atoms with van der Waals surface area (Å²) in [5.41, 5.74) is 3.86. The van der Waals surface area contributed by atoms with E-state index in [0.717, 1.165) is 16.6 Å². The zero-order valence-electron chi connectivity index (χ0n) is 11.9. The van der Waals surface area contributed by atoms with Gasteiger partial charge in [0.2, 0.25) is 0 Å². The summed E-state index contributed by atoms with van der Waals surface area (Å²) in [6.07, 6.45) is 2.08. The second-order valence-electron chi connectivity index (χ2n) is 4.85. The first-order valence-corrected chi connectivity index (χ1v) is 7.97. The average Bonchev–Trinajstić information content (AvgIpc) is 2.88. The number of aromatic nitrogens is 2. The minimum Gasteiger partial charge on any atom is -0.309 e. The number of fused-ring (bicyclic) bond motifs is 1. The molecule has 5 heteroatoms. The second kappa shape index (κ2) is 5.79. The number of hydrogen-bond acceptors (Lipinski definition) is 3. The molecular weight excluding hydrogens is 282 g/mol. The Morgan fingerprint density at radius 1 is 1.10 bits per heavy atom. The van der Waals surface area contributed by atoms with Crippen LogP contribution in [-0.2, 0) is 0 Å². The Morgan fingerprint density at radius 3 is 2.62 bits per heavy atom. The highest BCUT2D eigenvalue weighted by Gasteiger charge is 2.16. The molecule has 0 bridgehead atoms. The van der Waals surface area contributed by atoms with E-state index in [1.165, 1.54) is 10.5 Å². The van der Waals surface area contributed by atoms with Crippen LogP contribution in [0.25, 0.3) is 11.0 Å². The van der Waals surface area contributed by atoms with Gasteiger partial charge in [0, 0.05) is 4.90 Å². The van der Waals surface area contributed by atoms with Crippen LogP contribution in [-0.4, -0.2) is 23.3 Å². The van der Waals surface area contributed by atoms with Crippen molar-refractivity contribution in [3.63, 3.8) is 0 Å². The molecule has 1 atom stereocenters. The van der Waals surface area contributed by atoms with Crippen LogP contribution in [0.5, 0.6) is 0 Å². The van der Waals surface area contributed by atoms with Gasteiger partial charge in [-0.2, -0.15) is 0 Å². The maximum absolute atomic E-state index is 11.4. The molecule has 3 rings (SSSR count). The van der Waals surface area contributed by atoms with E-state index in [9.17, 15) is 4.79 Å². The highest BCUT2D eigenvalue weighted by Crippen LogP contribution is 2.30. The first-order chi connectivity index (χ1) is 10.2. The average molecular weight is 299 g/mol. The lowest BCUT2D eigenvalue weighted by Gasteiger charge is -2.20. The van der Waals surface area contributed by atoms with Gasteiger partial charge in [-0.25, -0.2) is 4.79 Å². The number of hydrogen-bond donors (Lipinski definition) is 3. The van der Waals surface area contributed by atoms with Gasteiger partial charge in [0.15, 0.2) is 0 Å². The van der Waals surface area contributed by atoms with Crippen LogP contribution in [0.3, 0.4) is 0 Å². The van der Waals surface area contributed by atoms with Crippen LogP contribution in [0.1, 0.15) is 17.2 Å². The molecule has 0 saturated heterocycles. The van der Waals surface area contributed by atoms with Crippen molar-refractivity contribution in [3.05, 3.63) is 64.1 Å². The van der Waals surface area contributed by atoms with E-state index in [1.807, 2.05) is 25.2 Å². The van der Waals surface area contributed by atoms with Crippen LogP contribution in [0.4, 0.5) is 0 Å². The molecule has 108 valence electrons. The molecule has 3 aromatic rings. The van der Waals surface area contributed by atoms with Crippen molar-refractivity contribution in [2.45, 2.75) is 10.9 Å². The topological polar surface area (TPSA) is 60.7 Å². The van der Waals surface area contributed by atoms with E-state index in [0.29, 0.717) is 0 Å². The molecule has 0 aliphatic rings. The summed E-state index contributed by atoms with van der Waals surface area (Å²) in [6, 6.07) is 14.5. The molecule has 0 radical (unpaired) electrons. The fraction of sp³-hybridized carbons (Fsp3) is 0.188. The number of nitrogens with one attached hydrogen (secondary N) is 3. The minimum atomic E-state index is -0.173. The second-order valence-corrected chi connectivity index (χ2v) is 5.70. The van der Waals surface area contributed by atoms with Crippen molar-refractivity contribution >= 4 is 22.8 Å². The lowest BCUT2D eigenvalue weighted by Crippen LogP contribution is -2.18. The first-order valence-electron chi connectivity index (χ1n) is 6.75. The molecule has 0 aliphatic carbocycles. The Hall–Kier alpha value is -1.98. The van der Waals surface area contributed by atoms with Crippen molar-refractivity contribution < 1.29 is 0 Å². The van der Waals surface area contributed by atoms with E-state index in [-0.39, 0.29) is 11.7 Å². The molecule has 0 amide bonds. The van der Waals surface area contributed by atoms with Crippen LogP contribution >= 0.6 is 11.8 Å². The third-order valence-electron chi connectivity index (χ3n) is 3.61. The Kier molecular flexibility index (Phi) is 3.86. The predicted octanol–water partition coefficient (Wildman–Crippen LogP) is 2.89. The van der Waals surface area contributed by atoms with E-state index >= 15 is 0 Å². The Bertz CT molecular complexity index is 822. The maximum atomic E-state index is 11.4. The fourth-order valence-corrected chi connectivity index (χ4v) is 3.27. The third-order valence-corrected chi connectivity index (χ3v) is 4.42. The van der Waals surface area contributed by atoms with Gasteiger partial charge in [0.1, 0.15) is 0 Å². The van der Waals surface area contributed by atoms with Gasteiger partial charge in [0.05, 0.1) is 17.1 Å². The highest BCUT2D eigenvalue weighted by molar-refractivity contribution is 7.98. The SMILES string of the molecule is CNC(c1ccc2[nH]c(=O)[nH]c2c1)c1ccccc1SC. The van der Waals surface area contributed by atoms with Gasteiger partial charge >= 0.3 is 5.69 Å². The van der Waals surface area contributed by atoms with E-state index < -0.39 is 0 Å². The number of imidazole rings is 1. The standard InChI is InChI=1S/C16H17N3OS/c1-17-15(11-5-3-4-6-14(11)21-2)10-7-8-12-13(9-10)19-16(20)18-12/h3-9,15,17H,1-2H3,(H2,18,19,20). The largest absolute Gasteiger partial charge is 0.323 e. The summed E-state index contributed by atoms with van der Waals surface area (Å²) in [5, 5.41) is 3.37. The molecule has 0 aliphatic heterocycles. The van der Waals surface area contributed by atoms with E-state index in [1.54, 1.807) is 11.8 Å². The van der Waals surface area contributed by atoms with Gasteiger partial charge in [0.25, 0.3) is 0 Å². The molecule has 0 saturated carbocycles. The first kappa shape index (κ1) is 14.0. The number of thioether (sulfide) groups is 1. The molecule has 2 aromatic carbocycles. The monoisotopic (exact) mass is 299 g/mol. The molecule has 4 nitrogen and oxygen atoms in total. The molecule has 1 aromatic heterocycles. The summed E-state index contributed by atoms with van der Waals surface area (Å²) >= 11 is 1.74. The van der Waals surface area contributed by atoms with Gasteiger partial charge in [-0.05, 0) is 42.6 Å². The van der Waals surface area contributed by atoms with Gasteiger partial charge in [-0.15, -0.1) is 11.8 Å². The van der Waals surface area contributed by atoms with Crippen molar-refractivity contribution in [1.82, 2.24) is 15.3 Å². The fourth-order valence-electron chi connectivity index (χ4n) is 2.64. The van der Waals surface area contributed by atoms with Crippen molar-refractivity contribution in [1.29, 1.82) is 0 Å². The Labute approximate surface area is 127 Å². The molecule has 3 N–H and O–H groups in total. The molecule has 0 fully saturated rings. The summed E-state index contributed by atoms with van der Waals surface area (Å²) in [6.45, 7) is 0. The summed E-state index contributed by atoms with van der Waals surface area (Å²) in [7, 11) is 1.95. The lowest BCUT2D eigenvalue weighted by atomic mass is 9.98. The van der Waals surface area contributed by atoms with Gasteiger partial charge in [-0.1, -0.05) is 24.3 Å². The van der Waals surface area contributed by atoms with Crippen LogP contribution in [0.2, 0.25) is 0 Å². The molecule has 0 spiro atoms. The number of H-pyrrole nitrogens is 2. The summed E-state index contributed by atoms with van der Waals surface area (Å²) < 4.78 is 0. The molecule has 1 unspecified atom stereocenters. The van der Waals surface area contributed by atoms with Gasteiger partial charge in [-0.3, -0.25) is 0 Å².